The molecular formula is C21H15F2NO3. The van der Waals surface area contributed by atoms with Crippen molar-refractivity contribution in [3.63, 3.8) is 0 Å². The third-order valence-electron chi connectivity index (χ3n) is 3.95. The fourth-order valence-electron chi connectivity index (χ4n) is 2.61. The molecule has 0 heterocycles. The van der Waals surface area contributed by atoms with Crippen LogP contribution in [0, 0.1) is 11.6 Å². The number of esters is 1. The summed E-state index contributed by atoms with van der Waals surface area (Å²) in [5.74, 6) is -2.74. The van der Waals surface area contributed by atoms with Crippen LogP contribution in [-0.2, 0) is 4.74 Å². The molecule has 0 radical (unpaired) electrons. The summed E-state index contributed by atoms with van der Waals surface area (Å²) in [6.07, 6.45) is 0. The van der Waals surface area contributed by atoms with Crippen molar-refractivity contribution in [2.24, 2.45) is 0 Å². The Balaban J connectivity index is 1.93. The molecule has 0 aromatic heterocycles. The van der Waals surface area contributed by atoms with Crippen LogP contribution >= 0.6 is 0 Å². The van der Waals surface area contributed by atoms with Gasteiger partial charge in [-0.05, 0) is 35.9 Å². The maximum absolute atomic E-state index is 14.4. The maximum Gasteiger partial charge on any atom is 0.337 e. The summed E-state index contributed by atoms with van der Waals surface area (Å²) in [4.78, 5) is 24.0. The van der Waals surface area contributed by atoms with Gasteiger partial charge in [-0.15, -0.1) is 0 Å². The van der Waals surface area contributed by atoms with E-state index < -0.39 is 23.5 Å². The number of benzene rings is 3. The number of carbonyl (C=O) groups excluding carboxylic acids is 2. The zero-order valence-corrected chi connectivity index (χ0v) is 14.3. The second kappa shape index (κ2) is 7.78. The molecule has 0 fully saturated rings. The summed E-state index contributed by atoms with van der Waals surface area (Å²) in [5.41, 5.74) is 1.17. The van der Waals surface area contributed by atoms with E-state index in [4.69, 9.17) is 0 Å². The van der Waals surface area contributed by atoms with Crippen molar-refractivity contribution in [3.05, 3.63) is 89.5 Å². The summed E-state index contributed by atoms with van der Waals surface area (Å²) in [6, 6.07) is 16.2. The number of hydrogen-bond acceptors (Lipinski definition) is 3. The third-order valence-corrected chi connectivity index (χ3v) is 3.95. The van der Waals surface area contributed by atoms with Gasteiger partial charge in [-0.1, -0.05) is 30.3 Å². The van der Waals surface area contributed by atoms with Gasteiger partial charge in [-0.25, -0.2) is 13.6 Å². The van der Waals surface area contributed by atoms with Gasteiger partial charge in [0, 0.05) is 17.2 Å². The number of nitrogens with one attached hydrogen (secondary N) is 1. The normalized spacial score (nSPS) is 10.3. The molecule has 136 valence electrons. The van der Waals surface area contributed by atoms with Gasteiger partial charge >= 0.3 is 5.97 Å². The van der Waals surface area contributed by atoms with Crippen LogP contribution in [0.4, 0.5) is 14.5 Å². The first-order valence-corrected chi connectivity index (χ1v) is 8.04. The molecule has 0 aliphatic rings. The van der Waals surface area contributed by atoms with E-state index in [0.717, 1.165) is 6.07 Å². The number of methoxy groups -OCH3 is 1. The largest absolute Gasteiger partial charge is 0.465 e. The molecule has 6 heteroatoms. The second-order valence-corrected chi connectivity index (χ2v) is 5.70. The van der Waals surface area contributed by atoms with E-state index in [9.17, 15) is 18.4 Å². The summed E-state index contributed by atoms with van der Waals surface area (Å²) in [7, 11) is 1.26. The number of ether oxygens (including phenoxy) is 1. The molecule has 0 unspecified atom stereocenters. The number of rotatable bonds is 4. The molecule has 3 aromatic carbocycles. The predicted octanol–water partition coefficient (Wildman–Crippen LogP) is 4.67. The minimum atomic E-state index is -0.881. The highest BCUT2D eigenvalue weighted by Gasteiger charge is 2.17. The Morgan fingerprint density at radius 1 is 0.889 bits per heavy atom. The standard InChI is InChI=1S/C21H15F2NO3/c1-27-21(26)15-9-7-14(8-10-15)20(25)24-19-17(11-16(22)12-18(19)23)13-5-3-2-4-6-13/h2-12H,1H3,(H,24,25). The Labute approximate surface area is 154 Å². The van der Waals surface area contributed by atoms with Gasteiger partial charge in [0.15, 0.2) is 0 Å². The van der Waals surface area contributed by atoms with Gasteiger partial charge in [0.25, 0.3) is 5.91 Å². The molecule has 3 rings (SSSR count). The molecule has 0 aliphatic carbocycles. The van der Waals surface area contributed by atoms with Crippen LogP contribution in [0.2, 0.25) is 0 Å². The molecule has 3 aromatic rings. The first kappa shape index (κ1) is 18.3. The van der Waals surface area contributed by atoms with Gasteiger partial charge in [-0.2, -0.15) is 0 Å². The van der Waals surface area contributed by atoms with E-state index in [0.29, 0.717) is 11.6 Å². The van der Waals surface area contributed by atoms with Gasteiger partial charge in [0.2, 0.25) is 0 Å². The molecule has 0 saturated heterocycles. The number of hydrogen-bond donors (Lipinski definition) is 1. The summed E-state index contributed by atoms with van der Waals surface area (Å²) < 4.78 is 32.7. The topological polar surface area (TPSA) is 55.4 Å². The lowest BCUT2D eigenvalue weighted by Gasteiger charge is -2.13. The van der Waals surface area contributed by atoms with Gasteiger partial charge < -0.3 is 10.1 Å². The van der Waals surface area contributed by atoms with Crippen molar-refractivity contribution in [2.75, 3.05) is 12.4 Å². The van der Waals surface area contributed by atoms with Crippen molar-refractivity contribution in [1.29, 1.82) is 0 Å². The van der Waals surface area contributed by atoms with Crippen molar-refractivity contribution in [1.82, 2.24) is 0 Å². The molecular weight excluding hydrogens is 352 g/mol. The zero-order valence-electron chi connectivity index (χ0n) is 14.3. The van der Waals surface area contributed by atoms with E-state index in [1.165, 1.54) is 31.4 Å². The average molecular weight is 367 g/mol. The SMILES string of the molecule is COC(=O)c1ccc(C(=O)Nc2c(F)cc(F)cc2-c2ccccc2)cc1. The van der Waals surface area contributed by atoms with Crippen molar-refractivity contribution in [3.8, 4) is 11.1 Å². The summed E-state index contributed by atoms with van der Waals surface area (Å²) in [5, 5.41) is 2.49. The summed E-state index contributed by atoms with van der Waals surface area (Å²) in [6.45, 7) is 0. The lowest BCUT2D eigenvalue weighted by atomic mass is 10.0. The molecule has 1 amide bonds. The third kappa shape index (κ3) is 4.00. The van der Waals surface area contributed by atoms with Crippen LogP contribution in [0.1, 0.15) is 20.7 Å². The highest BCUT2D eigenvalue weighted by molar-refractivity contribution is 6.06. The smallest absolute Gasteiger partial charge is 0.337 e. The molecule has 0 aliphatic heterocycles. The van der Waals surface area contributed by atoms with Crippen LogP contribution in [0.3, 0.4) is 0 Å². The molecule has 0 bridgehead atoms. The second-order valence-electron chi connectivity index (χ2n) is 5.70. The van der Waals surface area contributed by atoms with Crippen LogP contribution in [0.15, 0.2) is 66.7 Å². The highest BCUT2D eigenvalue weighted by Crippen LogP contribution is 2.31. The fourth-order valence-corrected chi connectivity index (χ4v) is 2.61. The van der Waals surface area contributed by atoms with Crippen LogP contribution in [0.5, 0.6) is 0 Å². The minimum Gasteiger partial charge on any atom is -0.465 e. The first-order valence-electron chi connectivity index (χ1n) is 8.04. The Kier molecular flexibility index (Phi) is 5.26. The van der Waals surface area contributed by atoms with Gasteiger partial charge in [0.1, 0.15) is 11.6 Å². The van der Waals surface area contributed by atoms with Crippen molar-refractivity contribution >= 4 is 17.6 Å². The molecule has 0 spiro atoms. The molecule has 4 nitrogen and oxygen atoms in total. The Morgan fingerprint density at radius 3 is 2.15 bits per heavy atom. The summed E-state index contributed by atoms with van der Waals surface area (Å²) >= 11 is 0. The molecule has 0 atom stereocenters. The molecule has 1 N–H and O–H groups in total. The maximum atomic E-state index is 14.4. The van der Waals surface area contributed by atoms with E-state index in [-0.39, 0.29) is 22.4 Å². The van der Waals surface area contributed by atoms with E-state index >= 15 is 0 Å². The fraction of sp³-hybridized carbons (Fsp3) is 0.0476. The predicted molar refractivity (Wildman–Crippen MR) is 97.5 cm³/mol. The monoisotopic (exact) mass is 367 g/mol. The van der Waals surface area contributed by atoms with Crippen molar-refractivity contribution < 1.29 is 23.1 Å². The quantitative estimate of drug-likeness (QED) is 0.682. The van der Waals surface area contributed by atoms with Crippen LogP contribution in [-0.4, -0.2) is 19.0 Å². The van der Waals surface area contributed by atoms with E-state index in [2.05, 4.69) is 10.1 Å². The van der Waals surface area contributed by atoms with E-state index in [1.54, 1.807) is 30.3 Å². The van der Waals surface area contributed by atoms with Crippen molar-refractivity contribution in [2.45, 2.75) is 0 Å². The van der Waals surface area contributed by atoms with Gasteiger partial charge in [-0.3, -0.25) is 4.79 Å². The average Bonchev–Trinajstić information content (AvgIpc) is 2.69. The lowest BCUT2D eigenvalue weighted by molar-refractivity contribution is 0.0600. The number of halogens is 2. The van der Waals surface area contributed by atoms with Gasteiger partial charge in [0.05, 0.1) is 18.4 Å². The minimum absolute atomic E-state index is 0.121. The number of amides is 1. The Hall–Kier alpha value is -3.54. The highest BCUT2D eigenvalue weighted by atomic mass is 19.1. The molecule has 27 heavy (non-hydrogen) atoms. The van der Waals surface area contributed by atoms with Crippen LogP contribution in [0.25, 0.3) is 11.1 Å². The number of anilines is 1. The first-order chi connectivity index (χ1) is 13.0. The van der Waals surface area contributed by atoms with Crippen LogP contribution < -0.4 is 5.32 Å². The lowest BCUT2D eigenvalue weighted by Crippen LogP contribution is -2.14. The number of carbonyl (C=O) groups is 2. The van der Waals surface area contributed by atoms with E-state index in [1.807, 2.05) is 0 Å². The zero-order chi connectivity index (χ0) is 19.4. The molecule has 0 saturated carbocycles. The Bertz CT molecular complexity index is 986. The Morgan fingerprint density at radius 2 is 1.52 bits per heavy atom.